The molecule has 0 bridgehead atoms. The number of carbonyl (C=O) groups is 1. The molecule has 0 heterocycles. The van der Waals surface area contributed by atoms with Crippen molar-refractivity contribution in [1.82, 2.24) is 0 Å². The van der Waals surface area contributed by atoms with Gasteiger partial charge < -0.3 is 4.79 Å². The summed E-state index contributed by atoms with van der Waals surface area (Å²) in [6.07, 6.45) is 4.04. The second kappa shape index (κ2) is 6.71. The van der Waals surface area contributed by atoms with Crippen LogP contribution in [0.15, 0.2) is 0 Å². The Morgan fingerprint density at radius 2 is 2.30 bits per heavy atom. The molecule has 1 N–H and O–H groups in total. The smallest absolute Gasteiger partial charge is 0.119 e. The SMILES string of the molecule is CC(CCCCC=O)OO. The van der Waals surface area contributed by atoms with Crippen LogP contribution in [-0.4, -0.2) is 17.6 Å². The molecule has 0 aromatic carbocycles. The van der Waals surface area contributed by atoms with Gasteiger partial charge >= 0.3 is 0 Å². The first kappa shape index (κ1) is 9.59. The molecule has 0 rings (SSSR count). The fourth-order valence-corrected chi connectivity index (χ4v) is 0.712. The van der Waals surface area contributed by atoms with Crippen LogP contribution in [0.5, 0.6) is 0 Å². The Morgan fingerprint density at radius 1 is 1.60 bits per heavy atom. The number of carbonyl (C=O) groups excluding carboxylic acids is 1. The fraction of sp³-hybridized carbons (Fsp3) is 0.857. The van der Waals surface area contributed by atoms with Gasteiger partial charge in [-0.1, -0.05) is 6.42 Å². The maximum absolute atomic E-state index is 9.84. The van der Waals surface area contributed by atoms with Crippen LogP contribution < -0.4 is 0 Å². The van der Waals surface area contributed by atoms with Gasteiger partial charge in [0.2, 0.25) is 0 Å². The van der Waals surface area contributed by atoms with Crippen molar-refractivity contribution in [2.75, 3.05) is 0 Å². The van der Waals surface area contributed by atoms with Crippen LogP contribution in [0.4, 0.5) is 0 Å². The molecule has 0 saturated carbocycles. The van der Waals surface area contributed by atoms with E-state index in [-0.39, 0.29) is 6.10 Å². The normalized spacial score (nSPS) is 13.0. The first-order valence-corrected chi connectivity index (χ1v) is 3.55. The van der Waals surface area contributed by atoms with Crippen LogP contribution in [0.2, 0.25) is 0 Å². The second-order valence-corrected chi connectivity index (χ2v) is 2.37. The summed E-state index contributed by atoms with van der Waals surface area (Å²) in [6, 6.07) is 0. The minimum absolute atomic E-state index is 0.105. The predicted octanol–water partition coefficient (Wildman–Crippen LogP) is 1.62. The van der Waals surface area contributed by atoms with Crippen molar-refractivity contribution in [2.24, 2.45) is 0 Å². The van der Waals surface area contributed by atoms with E-state index in [9.17, 15) is 4.79 Å². The van der Waals surface area contributed by atoms with E-state index >= 15 is 0 Å². The van der Waals surface area contributed by atoms with Crippen molar-refractivity contribution in [3.8, 4) is 0 Å². The second-order valence-electron chi connectivity index (χ2n) is 2.37. The van der Waals surface area contributed by atoms with Crippen molar-refractivity contribution in [1.29, 1.82) is 0 Å². The average molecular weight is 146 g/mol. The molecule has 0 aromatic heterocycles. The summed E-state index contributed by atoms with van der Waals surface area (Å²) >= 11 is 0. The Morgan fingerprint density at radius 3 is 2.80 bits per heavy atom. The average Bonchev–Trinajstić information content (AvgIpc) is 1.98. The number of aldehydes is 1. The summed E-state index contributed by atoms with van der Waals surface area (Å²) in [5, 5.41) is 8.12. The van der Waals surface area contributed by atoms with Crippen LogP contribution >= 0.6 is 0 Å². The monoisotopic (exact) mass is 146 g/mol. The molecule has 1 atom stereocenters. The van der Waals surface area contributed by atoms with E-state index in [0.717, 1.165) is 25.5 Å². The molecule has 0 aliphatic heterocycles. The largest absolute Gasteiger partial charge is 0.303 e. The maximum Gasteiger partial charge on any atom is 0.119 e. The van der Waals surface area contributed by atoms with E-state index in [0.29, 0.717) is 6.42 Å². The molecule has 0 aliphatic carbocycles. The van der Waals surface area contributed by atoms with Crippen molar-refractivity contribution >= 4 is 6.29 Å². The third-order valence-electron chi connectivity index (χ3n) is 1.36. The van der Waals surface area contributed by atoms with Gasteiger partial charge in [0.25, 0.3) is 0 Å². The highest BCUT2D eigenvalue weighted by atomic mass is 17.1. The Kier molecular flexibility index (Phi) is 6.43. The van der Waals surface area contributed by atoms with Crippen LogP contribution in [-0.2, 0) is 9.68 Å². The van der Waals surface area contributed by atoms with E-state index in [1.165, 1.54) is 0 Å². The molecule has 3 nitrogen and oxygen atoms in total. The van der Waals surface area contributed by atoms with Gasteiger partial charge in [-0.15, -0.1) is 0 Å². The summed E-state index contributed by atoms with van der Waals surface area (Å²) in [5.74, 6) is 0. The zero-order chi connectivity index (χ0) is 7.82. The topological polar surface area (TPSA) is 46.5 Å². The van der Waals surface area contributed by atoms with E-state index in [1.807, 2.05) is 0 Å². The van der Waals surface area contributed by atoms with E-state index < -0.39 is 0 Å². The molecule has 0 amide bonds. The summed E-state index contributed by atoms with van der Waals surface area (Å²) in [6.45, 7) is 1.79. The molecule has 0 saturated heterocycles. The molecule has 0 radical (unpaired) electrons. The Hall–Kier alpha value is -0.410. The first-order chi connectivity index (χ1) is 4.81. The van der Waals surface area contributed by atoms with Crippen LogP contribution in [0.1, 0.15) is 32.6 Å². The lowest BCUT2D eigenvalue weighted by Gasteiger charge is -2.04. The maximum atomic E-state index is 9.84. The van der Waals surface area contributed by atoms with Gasteiger partial charge in [-0.2, -0.15) is 0 Å². The highest BCUT2D eigenvalue weighted by Crippen LogP contribution is 2.03. The summed E-state index contributed by atoms with van der Waals surface area (Å²) < 4.78 is 0. The van der Waals surface area contributed by atoms with Crippen molar-refractivity contribution < 1.29 is 14.9 Å². The molecule has 0 aromatic rings. The van der Waals surface area contributed by atoms with E-state index in [1.54, 1.807) is 6.92 Å². The summed E-state index contributed by atoms with van der Waals surface area (Å²) in [5.41, 5.74) is 0. The van der Waals surface area contributed by atoms with Gasteiger partial charge in [0.15, 0.2) is 0 Å². The number of rotatable bonds is 6. The third kappa shape index (κ3) is 5.72. The highest BCUT2D eigenvalue weighted by molar-refractivity contribution is 5.48. The lowest BCUT2D eigenvalue weighted by Crippen LogP contribution is -2.04. The molecule has 1 unspecified atom stereocenters. The molecule has 0 spiro atoms. The van der Waals surface area contributed by atoms with Gasteiger partial charge in [0, 0.05) is 6.42 Å². The lowest BCUT2D eigenvalue weighted by atomic mass is 10.1. The zero-order valence-electron chi connectivity index (χ0n) is 6.25. The minimum atomic E-state index is -0.105. The molecule has 10 heavy (non-hydrogen) atoms. The lowest BCUT2D eigenvalue weighted by molar-refractivity contribution is -0.275. The fourth-order valence-electron chi connectivity index (χ4n) is 0.712. The van der Waals surface area contributed by atoms with Crippen LogP contribution in [0.3, 0.4) is 0 Å². The van der Waals surface area contributed by atoms with Crippen molar-refractivity contribution in [3.63, 3.8) is 0 Å². The van der Waals surface area contributed by atoms with E-state index in [4.69, 9.17) is 5.26 Å². The molecule has 0 fully saturated rings. The number of hydrogen-bond acceptors (Lipinski definition) is 3. The molecule has 60 valence electrons. The molecular formula is C7H14O3. The van der Waals surface area contributed by atoms with E-state index in [2.05, 4.69) is 4.89 Å². The van der Waals surface area contributed by atoms with Gasteiger partial charge in [0.05, 0.1) is 6.10 Å². The molecule has 3 heteroatoms. The van der Waals surface area contributed by atoms with Gasteiger partial charge in [-0.25, -0.2) is 4.89 Å². The summed E-state index contributed by atoms with van der Waals surface area (Å²) in [4.78, 5) is 13.9. The number of hydrogen-bond donors (Lipinski definition) is 1. The zero-order valence-corrected chi connectivity index (χ0v) is 6.25. The highest BCUT2D eigenvalue weighted by Gasteiger charge is 1.98. The quantitative estimate of drug-likeness (QED) is 0.268. The molecular weight excluding hydrogens is 132 g/mol. The minimum Gasteiger partial charge on any atom is -0.303 e. The Balaban J connectivity index is 2.95. The summed E-state index contributed by atoms with van der Waals surface area (Å²) in [7, 11) is 0. The molecule has 0 aliphatic rings. The standard InChI is InChI=1S/C7H14O3/c1-7(10-9)5-3-2-4-6-8/h6-7,9H,2-5H2,1H3. The van der Waals surface area contributed by atoms with Crippen LogP contribution in [0, 0.1) is 0 Å². The van der Waals surface area contributed by atoms with Gasteiger partial charge in [-0.3, -0.25) is 5.26 Å². The van der Waals surface area contributed by atoms with Gasteiger partial charge in [0.1, 0.15) is 6.29 Å². The van der Waals surface area contributed by atoms with Crippen LogP contribution in [0.25, 0.3) is 0 Å². The third-order valence-corrected chi connectivity index (χ3v) is 1.36. The first-order valence-electron chi connectivity index (χ1n) is 3.55. The Labute approximate surface area is 60.9 Å². The predicted molar refractivity (Wildman–Crippen MR) is 37.7 cm³/mol. The Bertz CT molecular complexity index is 82.9. The van der Waals surface area contributed by atoms with Crippen molar-refractivity contribution in [3.05, 3.63) is 0 Å². The van der Waals surface area contributed by atoms with Crippen molar-refractivity contribution in [2.45, 2.75) is 38.7 Å². The van der Waals surface area contributed by atoms with Gasteiger partial charge in [-0.05, 0) is 19.8 Å². The number of unbranched alkanes of at least 4 members (excludes halogenated alkanes) is 2.